The Labute approximate surface area is 121 Å². The molecule has 1 heterocycles. The van der Waals surface area contributed by atoms with E-state index in [1.54, 1.807) is 0 Å². The Morgan fingerprint density at radius 3 is 2.60 bits per heavy atom. The molecular weight excluding hydrogens is 290 g/mol. The normalized spacial score (nSPS) is 10.7. The molecule has 0 aliphatic rings. The maximum absolute atomic E-state index is 13.1. The monoisotopic (exact) mass is 304 g/mol. The van der Waals surface area contributed by atoms with Crippen LogP contribution in [-0.2, 0) is 19.6 Å². The van der Waals surface area contributed by atoms with Gasteiger partial charge in [-0.3, -0.25) is 4.90 Å². The third-order valence-corrected chi connectivity index (χ3v) is 2.53. The van der Waals surface area contributed by atoms with Gasteiger partial charge >= 0.3 is 0 Å². The summed E-state index contributed by atoms with van der Waals surface area (Å²) in [6.45, 7) is 1.08. The molecule has 0 spiro atoms. The van der Waals surface area contributed by atoms with E-state index in [1.165, 1.54) is 12.1 Å². The second kappa shape index (κ2) is 7.28. The van der Waals surface area contributed by atoms with Crippen LogP contribution in [0.15, 0.2) is 22.7 Å². The Morgan fingerprint density at radius 1 is 1.25 bits per heavy atom. The van der Waals surface area contributed by atoms with E-state index < -0.39 is 11.6 Å². The Kier molecular flexibility index (Phi) is 6.00. The van der Waals surface area contributed by atoms with Gasteiger partial charge in [0.05, 0.1) is 13.1 Å². The number of hydrogen-bond donors (Lipinski definition) is 1. The van der Waals surface area contributed by atoms with Crippen LogP contribution in [0.1, 0.15) is 17.3 Å². The first-order valence-electron chi connectivity index (χ1n) is 5.72. The molecule has 110 valence electrons. The molecule has 0 radical (unpaired) electrons. The highest BCUT2D eigenvalue weighted by Gasteiger charge is 2.09. The number of nitrogens with two attached hydrogens (primary N) is 1. The van der Waals surface area contributed by atoms with Gasteiger partial charge in [-0.1, -0.05) is 11.2 Å². The minimum atomic E-state index is -0.851. The second-order valence-corrected chi connectivity index (χ2v) is 4.23. The summed E-state index contributed by atoms with van der Waals surface area (Å²) >= 11 is 0. The van der Waals surface area contributed by atoms with Gasteiger partial charge in [0, 0.05) is 6.54 Å². The van der Waals surface area contributed by atoms with E-state index in [2.05, 4.69) is 10.1 Å². The Balaban J connectivity index is 0.00000200. The first-order valence-corrected chi connectivity index (χ1v) is 5.72. The number of nitrogens with zero attached hydrogens (tertiary/aromatic N) is 3. The number of rotatable bonds is 5. The van der Waals surface area contributed by atoms with Gasteiger partial charge in [-0.25, -0.2) is 8.78 Å². The standard InChI is InChI=1S/C12H14F2N4O.ClH/c1-18(7-11-16-12(5-15)19-17-11)6-8-2-3-9(13)10(14)4-8;/h2-4H,5-7,15H2,1H3;1H. The lowest BCUT2D eigenvalue weighted by Gasteiger charge is -2.14. The van der Waals surface area contributed by atoms with Crippen LogP contribution >= 0.6 is 12.4 Å². The number of halogens is 3. The lowest BCUT2D eigenvalue weighted by molar-refractivity contribution is 0.299. The van der Waals surface area contributed by atoms with Crippen molar-refractivity contribution in [3.05, 3.63) is 47.1 Å². The van der Waals surface area contributed by atoms with Crippen molar-refractivity contribution in [3.8, 4) is 0 Å². The van der Waals surface area contributed by atoms with Gasteiger partial charge in [-0.2, -0.15) is 4.98 Å². The molecule has 0 aliphatic heterocycles. The van der Waals surface area contributed by atoms with E-state index in [-0.39, 0.29) is 19.0 Å². The maximum Gasteiger partial charge on any atom is 0.240 e. The molecule has 0 saturated carbocycles. The summed E-state index contributed by atoms with van der Waals surface area (Å²) in [7, 11) is 1.82. The molecule has 8 heteroatoms. The zero-order valence-electron chi connectivity index (χ0n) is 10.8. The molecule has 0 unspecified atom stereocenters. The largest absolute Gasteiger partial charge is 0.338 e. The van der Waals surface area contributed by atoms with Crippen molar-refractivity contribution in [1.29, 1.82) is 0 Å². The lowest BCUT2D eigenvalue weighted by Crippen LogP contribution is -2.18. The summed E-state index contributed by atoms with van der Waals surface area (Å²) in [6.07, 6.45) is 0. The molecule has 0 atom stereocenters. The molecular formula is C12H15ClF2N4O. The van der Waals surface area contributed by atoms with Gasteiger partial charge in [0.15, 0.2) is 17.5 Å². The van der Waals surface area contributed by atoms with Crippen LogP contribution in [0.5, 0.6) is 0 Å². The SMILES string of the molecule is CN(Cc1ccc(F)c(F)c1)Cc1noc(CN)n1.Cl. The third-order valence-electron chi connectivity index (χ3n) is 2.53. The molecule has 20 heavy (non-hydrogen) atoms. The predicted molar refractivity (Wildman–Crippen MR) is 71.0 cm³/mol. The van der Waals surface area contributed by atoms with Crippen molar-refractivity contribution in [3.63, 3.8) is 0 Å². The summed E-state index contributed by atoms with van der Waals surface area (Å²) < 4.78 is 30.7. The molecule has 2 rings (SSSR count). The van der Waals surface area contributed by atoms with Gasteiger partial charge in [-0.15, -0.1) is 12.4 Å². The zero-order chi connectivity index (χ0) is 13.8. The van der Waals surface area contributed by atoms with Gasteiger partial charge in [0.2, 0.25) is 5.89 Å². The average molecular weight is 305 g/mol. The molecule has 2 N–H and O–H groups in total. The van der Waals surface area contributed by atoms with Crippen LogP contribution in [0.4, 0.5) is 8.78 Å². The lowest BCUT2D eigenvalue weighted by atomic mass is 10.2. The highest BCUT2D eigenvalue weighted by molar-refractivity contribution is 5.85. The summed E-state index contributed by atoms with van der Waals surface area (Å²) in [5, 5.41) is 3.76. The van der Waals surface area contributed by atoms with Gasteiger partial charge < -0.3 is 10.3 Å². The van der Waals surface area contributed by atoms with Crippen molar-refractivity contribution in [2.75, 3.05) is 7.05 Å². The number of hydrogen-bond acceptors (Lipinski definition) is 5. The molecule has 0 fully saturated rings. The quantitative estimate of drug-likeness (QED) is 0.913. The molecule has 0 aliphatic carbocycles. The molecule has 0 bridgehead atoms. The van der Waals surface area contributed by atoms with Crippen molar-refractivity contribution in [1.82, 2.24) is 15.0 Å². The highest BCUT2D eigenvalue weighted by Crippen LogP contribution is 2.11. The first-order chi connectivity index (χ1) is 9.08. The summed E-state index contributed by atoms with van der Waals surface area (Å²) in [4.78, 5) is 5.92. The van der Waals surface area contributed by atoms with Crippen LogP contribution < -0.4 is 5.73 Å². The van der Waals surface area contributed by atoms with Crippen LogP contribution in [0, 0.1) is 11.6 Å². The van der Waals surface area contributed by atoms with E-state index in [1.807, 2.05) is 11.9 Å². The topological polar surface area (TPSA) is 68.2 Å². The van der Waals surface area contributed by atoms with Gasteiger partial charge in [0.25, 0.3) is 0 Å². The van der Waals surface area contributed by atoms with Crippen LogP contribution in [0.2, 0.25) is 0 Å². The van der Waals surface area contributed by atoms with E-state index >= 15 is 0 Å². The fourth-order valence-corrected chi connectivity index (χ4v) is 1.68. The van der Waals surface area contributed by atoms with Crippen molar-refractivity contribution in [2.24, 2.45) is 5.73 Å². The summed E-state index contributed by atoms with van der Waals surface area (Å²) in [6, 6.07) is 3.82. The summed E-state index contributed by atoms with van der Waals surface area (Å²) in [5.74, 6) is -0.824. The molecule has 1 aromatic carbocycles. The molecule has 0 amide bonds. The highest BCUT2D eigenvalue weighted by atomic mass is 35.5. The fourth-order valence-electron chi connectivity index (χ4n) is 1.68. The zero-order valence-corrected chi connectivity index (χ0v) is 11.7. The average Bonchev–Trinajstić information content (AvgIpc) is 2.81. The first kappa shape index (κ1) is 16.5. The van der Waals surface area contributed by atoms with Crippen LogP contribution in [-0.4, -0.2) is 22.1 Å². The van der Waals surface area contributed by atoms with E-state index in [9.17, 15) is 8.78 Å². The minimum Gasteiger partial charge on any atom is -0.338 e. The molecule has 2 aromatic rings. The number of benzene rings is 1. The van der Waals surface area contributed by atoms with Crippen LogP contribution in [0.25, 0.3) is 0 Å². The summed E-state index contributed by atoms with van der Waals surface area (Å²) in [5.41, 5.74) is 6.03. The van der Waals surface area contributed by atoms with Crippen LogP contribution in [0.3, 0.4) is 0 Å². The maximum atomic E-state index is 13.1. The fraction of sp³-hybridized carbons (Fsp3) is 0.333. The molecule has 5 nitrogen and oxygen atoms in total. The Hall–Kier alpha value is -1.57. The third kappa shape index (κ3) is 4.22. The Bertz CT molecular complexity index is 564. The van der Waals surface area contributed by atoms with E-state index in [0.29, 0.717) is 30.4 Å². The van der Waals surface area contributed by atoms with Gasteiger partial charge in [0.1, 0.15) is 0 Å². The minimum absolute atomic E-state index is 0. The Morgan fingerprint density at radius 2 is 2.00 bits per heavy atom. The van der Waals surface area contributed by atoms with Crippen molar-refractivity contribution >= 4 is 12.4 Å². The predicted octanol–water partition coefficient (Wildman–Crippen LogP) is 1.86. The molecule has 1 aromatic heterocycles. The van der Waals surface area contributed by atoms with Crippen molar-refractivity contribution < 1.29 is 13.3 Å². The van der Waals surface area contributed by atoms with E-state index in [4.69, 9.17) is 10.3 Å². The van der Waals surface area contributed by atoms with Crippen molar-refractivity contribution in [2.45, 2.75) is 19.6 Å². The van der Waals surface area contributed by atoms with E-state index in [0.717, 1.165) is 6.07 Å². The van der Waals surface area contributed by atoms with Gasteiger partial charge in [-0.05, 0) is 24.7 Å². The number of aromatic nitrogens is 2. The smallest absolute Gasteiger partial charge is 0.240 e. The second-order valence-electron chi connectivity index (χ2n) is 4.23. The molecule has 0 saturated heterocycles.